The zero-order valence-electron chi connectivity index (χ0n) is 15.4. The Morgan fingerprint density at radius 3 is 2.04 bits per heavy atom. The molecular formula is C16H30N4O3S2. The van der Waals surface area contributed by atoms with E-state index in [9.17, 15) is 14.4 Å². The molecular weight excluding hydrogens is 360 g/mol. The molecule has 0 spiro atoms. The maximum atomic E-state index is 12.2. The lowest BCUT2D eigenvalue weighted by Crippen LogP contribution is -2.42. The van der Waals surface area contributed by atoms with Gasteiger partial charge in [-0.25, -0.2) is 0 Å². The van der Waals surface area contributed by atoms with Crippen molar-refractivity contribution in [3.63, 3.8) is 0 Å². The van der Waals surface area contributed by atoms with Crippen LogP contribution in [0.2, 0.25) is 0 Å². The van der Waals surface area contributed by atoms with E-state index in [0.717, 1.165) is 5.75 Å². The molecule has 0 heterocycles. The van der Waals surface area contributed by atoms with Gasteiger partial charge in [0, 0.05) is 29.9 Å². The summed E-state index contributed by atoms with van der Waals surface area (Å²) in [5, 5.41) is 2.80. The van der Waals surface area contributed by atoms with Gasteiger partial charge in [0.2, 0.25) is 5.91 Å². The molecule has 144 valence electrons. The largest absolute Gasteiger partial charge is 0.370 e. The Morgan fingerprint density at radius 1 is 1.00 bits per heavy atom. The molecule has 0 aliphatic heterocycles. The summed E-state index contributed by atoms with van der Waals surface area (Å²) in [6.07, 6.45) is 1.12. The van der Waals surface area contributed by atoms with Gasteiger partial charge < -0.3 is 16.8 Å². The number of aliphatic imine (C=N–C) groups is 1. The van der Waals surface area contributed by atoms with E-state index in [1.807, 2.05) is 13.8 Å². The number of nitrogens with zero attached hydrogens (tertiary/aromatic N) is 1. The molecule has 0 radical (unpaired) electrons. The minimum absolute atomic E-state index is 0.0191. The lowest BCUT2D eigenvalue weighted by molar-refractivity contribution is -0.128. The zero-order chi connectivity index (χ0) is 19.4. The second-order valence-corrected chi connectivity index (χ2v) is 8.65. The van der Waals surface area contributed by atoms with Crippen molar-refractivity contribution in [2.75, 3.05) is 18.1 Å². The summed E-state index contributed by atoms with van der Waals surface area (Å²) < 4.78 is 0. The standard InChI is InChI=1S/C16H30N4O3S2/c1-10(12(3)21)8-24-25-9-11(2)15(23)20-14(13(4)22)6-5-7-19-16(17)18/h10-11,14H,5-9H2,1-4H3,(H,20,23)(H4,17,18,19). The molecule has 0 aliphatic carbocycles. The molecule has 0 saturated heterocycles. The molecule has 0 aromatic carbocycles. The minimum atomic E-state index is -0.514. The van der Waals surface area contributed by atoms with E-state index >= 15 is 0 Å². The highest BCUT2D eigenvalue weighted by atomic mass is 33.1. The van der Waals surface area contributed by atoms with Crippen molar-refractivity contribution >= 4 is 45.0 Å². The highest BCUT2D eigenvalue weighted by molar-refractivity contribution is 8.76. The van der Waals surface area contributed by atoms with Crippen LogP contribution in [0.4, 0.5) is 0 Å². The maximum absolute atomic E-state index is 12.2. The van der Waals surface area contributed by atoms with Crippen LogP contribution in [0.5, 0.6) is 0 Å². The van der Waals surface area contributed by atoms with E-state index in [0.29, 0.717) is 25.1 Å². The first-order valence-electron chi connectivity index (χ1n) is 8.26. The van der Waals surface area contributed by atoms with Gasteiger partial charge in [-0.15, -0.1) is 0 Å². The van der Waals surface area contributed by atoms with Crippen LogP contribution in [0.1, 0.15) is 40.5 Å². The molecule has 0 aliphatic rings. The number of guanidine groups is 1. The highest BCUT2D eigenvalue weighted by Crippen LogP contribution is 2.26. The normalized spacial score (nSPS) is 14.2. The molecule has 25 heavy (non-hydrogen) atoms. The van der Waals surface area contributed by atoms with Crippen LogP contribution in [-0.4, -0.2) is 47.5 Å². The number of carbonyl (C=O) groups is 3. The summed E-state index contributed by atoms with van der Waals surface area (Å²) in [6.45, 7) is 7.20. The quantitative estimate of drug-likeness (QED) is 0.187. The summed E-state index contributed by atoms with van der Waals surface area (Å²) >= 11 is 0. The molecule has 3 atom stereocenters. The van der Waals surface area contributed by atoms with Gasteiger partial charge in [-0.05, 0) is 26.7 Å². The third-order valence-electron chi connectivity index (χ3n) is 3.61. The third-order valence-corrected chi connectivity index (χ3v) is 6.37. The van der Waals surface area contributed by atoms with E-state index in [-0.39, 0.29) is 35.3 Å². The Kier molecular flexibility index (Phi) is 12.4. The fourth-order valence-corrected chi connectivity index (χ4v) is 4.48. The fourth-order valence-electron chi connectivity index (χ4n) is 1.69. The van der Waals surface area contributed by atoms with E-state index in [1.54, 1.807) is 28.5 Å². The first-order valence-corrected chi connectivity index (χ1v) is 10.7. The molecule has 3 unspecified atom stereocenters. The molecule has 1 amide bonds. The Labute approximate surface area is 157 Å². The van der Waals surface area contributed by atoms with E-state index in [2.05, 4.69) is 10.3 Å². The van der Waals surface area contributed by atoms with Crippen molar-refractivity contribution in [3.8, 4) is 0 Å². The Balaban J connectivity index is 4.20. The lowest BCUT2D eigenvalue weighted by Gasteiger charge is -2.18. The van der Waals surface area contributed by atoms with Crippen molar-refractivity contribution in [2.45, 2.75) is 46.6 Å². The van der Waals surface area contributed by atoms with Gasteiger partial charge in [-0.1, -0.05) is 35.4 Å². The third kappa shape index (κ3) is 11.9. The van der Waals surface area contributed by atoms with Crippen molar-refractivity contribution in [1.29, 1.82) is 0 Å². The van der Waals surface area contributed by atoms with Crippen LogP contribution in [0.25, 0.3) is 0 Å². The zero-order valence-corrected chi connectivity index (χ0v) is 17.0. The molecule has 0 saturated carbocycles. The summed E-state index contributed by atoms with van der Waals surface area (Å²) in [5.41, 5.74) is 10.5. The van der Waals surface area contributed by atoms with Crippen molar-refractivity contribution in [1.82, 2.24) is 5.32 Å². The molecule has 7 nitrogen and oxygen atoms in total. The number of ketones is 2. The Morgan fingerprint density at radius 2 is 1.56 bits per heavy atom. The topological polar surface area (TPSA) is 128 Å². The van der Waals surface area contributed by atoms with Crippen LogP contribution >= 0.6 is 21.6 Å². The molecule has 9 heteroatoms. The van der Waals surface area contributed by atoms with Gasteiger partial charge in [0.1, 0.15) is 5.78 Å². The fraction of sp³-hybridized carbons (Fsp3) is 0.750. The van der Waals surface area contributed by atoms with Gasteiger partial charge in [-0.2, -0.15) is 0 Å². The van der Waals surface area contributed by atoms with Crippen LogP contribution in [0.15, 0.2) is 4.99 Å². The van der Waals surface area contributed by atoms with Crippen molar-refractivity contribution in [2.24, 2.45) is 28.3 Å². The van der Waals surface area contributed by atoms with Crippen LogP contribution in [-0.2, 0) is 14.4 Å². The van der Waals surface area contributed by atoms with Crippen LogP contribution in [0, 0.1) is 11.8 Å². The molecule has 0 aromatic heterocycles. The van der Waals surface area contributed by atoms with Crippen LogP contribution < -0.4 is 16.8 Å². The van der Waals surface area contributed by atoms with Crippen LogP contribution in [0.3, 0.4) is 0 Å². The molecule has 5 N–H and O–H groups in total. The Bertz CT molecular complexity index is 482. The molecule has 0 rings (SSSR count). The number of rotatable bonds is 13. The molecule has 0 fully saturated rings. The van der Waals surface area contributed by atoms with Gasteiger partial charge in [0.15, 0.2) is 11.7 Å². The average Bonchev–Trinajstić information content (AvgIpc) is 2.52. The molecule has 0 bridgehead atoms. The lowest BCUT2D eigenvalue weighted by atomic mass is 10.1. The maximum Gasteiger partial charge on any atom is 0.224 e. The van der Waals surface area contributed by atoms with E-state index in [4.69, 9.17) is 11.5 Å². The van der Waals surface area contributed by atoms with Gasteiger partial charge in [-0.3, -0.25) is 19.4 Å². The number of amides is 1. The first-order chi connectivity index (χ1) is 11.6. The number of carbonyl (C=O) groups excluding carboxylic acids is 3. The predicted octanol–water partition coefficient (Wildman–Crippen LogP) is 1.36. The summed E-state index contributed by atoms with van der Waals surface area (Å²) in [7, 11) is 3.16. The molecule has 0 aromatic rings. The SMILES string of the molecule is CC(=O)C(C)CSSCC(C)C(=O)NC(CCCN=C(N)N)C(C)=O. The number of hydrogen-bond donors (Lipinski definition) is 3. The average molecular weight is 391 g/mol. The predicted molar refractivity (Wildman–Crippen MR) is 106 cm³/mol. The smallest absolute Gasteiger partial charge is 0.224 e. The summed E-state index contributed by atoms with van der Waals surface area (Å²) in [6, 6.07) is -0.514. The van der Waals surface area contributed by atoms with Gasteiger partial charge in [0.05, 0.1) is 6.04 Å². The number of nitrogens with two attached hydrogens (primary N) is 2. The second kappa shape index (κ2) is 13.0. The van der Waals surface area contributed by atoms with Gasteiger partial charge in [0.25, 0.3) is 0 Å². The number of Topliss-reactive ketones (excluding diaryl/α,β-unsaturated/α-hetero) is 2. The Hall–Kier alpha value is -1.22. The monoisotopic (exact) mass is 390 g/mol. The first kappa shape index (κ1) is 23.8. The van der Waals surface area contributed by atoms with Gasteiger partial charge >= 0.3 is 0 Å². The van der Waals surface area contributed by atoms with Crippen molar-refractivity contribution < 1.29 is 14.4 Å². The number of hydrogen-bond acceptors (Lipinski definition) is 6. The second-order valence-electron chi connectivity index (χ2n) is 6.10. The summed E-state index contributed by atoms with van der Waals surface area (Å²) in [5.74, 6) is 1.13. The highest BCUT2D eigenvalue weighted by Gasteiger charge is 2.20. The van der Waals surface area contributed by atoms with E-state index in [1.165, 1.54) is 6.92 Å². The van der Waals surface area contributed by atoms with Crippen molar-refractivity contribution in [3.05, 3.63) is 0 Å². The minimum Gasteiger partial charge on any atom is -0.370 e. The number of nitrogens with one attached hydrogen (secondary N) is 1. The summed E-state index contributed by atoms with van der Waals surface area (Å²) in [4.78, 5) is 39.0. The van der Waals surface area contributed by atoms with E-state index < -0.39 is 6.04 Å².